The number of benzene rings is 2. The van der Waals surface area contributed by atoms with Gasteiger partial charge in [-0.3, -0.25) is 19.5 Å². The lowest BCUT2D eigenvalue weighted by Gasteiger charge is -2.25. The van der Waals surface area contributed by atoms with Crippen molar-refractivity contribution < 1.29 is 9.59 Å². The number of anilines is 1. The maximum absolute atomic E-state index is 13.1. The first kappa shape index (κ1) is 18.9. The maximum Gasteiger partial charge on any atom is 0.260 e. The third-order valence-electron chi connectivity index (χ3n) is 5.25. The number of hydrogen-bond donors (Lipinski definition) is 1. The Balaban J connectivity index is 1.60. The van der Waals surface area contributed by atoms with Crippen LogP contribution in [0.15, 0.2) is 72.9 Å². The maximum atomic E-state index is 13.1. The number of aromatic nitrogens is 1. The van der Waals surface area contributed by atoms with Crippen molar-refractivity contribution in [1.29, 1.82) is 0 Å². The Labute approximate surface area is 170 Å². The fourth-order valence-corrected chi connectivity index (χ4v) is 3.82. The van der Waals surface area contributed by atoms with E-state index in [1.54, 1.807) is 23.2 Å². The lowest BCUT2D eigenvalue weighted by atomic mass is 10.1. The summed E-state index contributed by atoms with van der Waals surface area (Å²) in [5.41, 5.74) is 4.09. The highest BCUT2D eigenvalue weighted by molar-refractivity contribution is 6.11. The van der Waals surface area contributed by atoms with E-state index in [0.29, 0.717) is 11.3 Å². The van der Waals surface area contributed by atoms with Gasteiger partial charge in [0.05, 0.1) is 29.8 Å². The summed E-state index contributed by atoms with van der Waals surface area (Å²) >= 11 is 0. The molecular weight excluding hydrogens is 362 g/mol. The number of rotatable bonds is 5. The highest BCUT2D eigenvalue weighted by Gasteiger charge is 2.40. The van der Waals surface area contributed by atoms with Gasteiger partial charge in [-0.2, -0.15) is 0 Å². The van der Waals surface area contributed by atoms with Crippen LogP contribution in [0.1, 0.15) is 52.6 Å². The number of nitrogens with zero attached hydrogens (tertiary/aromatic N) is 2. The lowest BCUT2D eigenvalue weighted by Crippen LogP contribution is -2.34. The van der Waals surface area contributed by atoms with Crippen molar-refractivity contribution in [3.8, 4) is 0 Å². The Morgan fingerprint density at radius 2 is 1.90 bits per heavy atom. The second kappa shape index (κ2) is 7.87. The topological polar surface area (TPSA) is 62.3 Å². The van der Waals surface area contributed by atoms with E-state index in [4.69, 9.17) is 0 Å². The number of carbonyl (C=O) groups is 2. The predicted octanol–water partition coefficient (Wildman–Crippen LogP) is 4.36. The second-order valence-corrected chi connectivity index (χ2v) is 7.37. The van der Waals surface area contributed by atoms with E-state index in [9.17, 15) is 9.59 Å². The Bertz CT molecular complexity index is 1050. The van der Waals surface area contributed by atoms with Crippen LogP contribution in [0.4, 0.5) is 5.69 Å². The third-order valence-corrected chi connectivity index (χ3v) is 5.25. The molecule has 4 rings (SSSR count). The monoisotopic (exact) mass is 385 g/mol. The zero-order valence-electron chi connectivity index (χ0n) is 16.5. The minimum atomic E-state index is -0.427. The van der Waals surface area contributed by atoms with E-state index in [1.165, 1.54) is 0 Å². The second-order valence-electron chi connectivity index (χ2n) is 7.37. The van der Waals surface area contributed by atoms with Crippen molar-refractivity contribution in [3.05, 3.63) is 95.3 Å². The molecule has 0 fully saturated rings. The number of fused-ring (bicyclic) bond motifs is 1. The minimum absolute atomic E-state index is 0.114. The molecule has 5 heteroatoms. The molecule has 0 saturated carbocycles. The normalized spacial score (nSPS) is 16.4. The van der Waals surface area contributed by atoms with E-state index in [1.807, 2.05) is 68.4 Å². The summed E-state index contributed by atoms with van der Waals surface area (Å²) in [6.07, 6.45) is 1.82. The van der Waals surface area contributed by atoms with E-state index in [0.717, 1.165) is 16.8 Å². The Morgan fingerprint density at radius 3 is 2.66 bits per heavy atom. The first-order chi connectivity index (χ1) is 14.0. The molecule has 1 aromatic heterocycles. The summed E-state index contributed by atoms with van der Waals surface area (Å²) < 4.78 is 0. The first-order valence-electron chi connectivity index (χ1n) is 9.74. The van der Waals surface area contributed by atoms with Gasteiger partial charge in [-0.15, -0.1) is 0 Å². The van der Waals surface area contributed by atoms with Crippen LogP contribution in [0.5, 0.6) is 0 Å². The molecular formula is C24H23N3O2. The van der Waals surface area contributed by atoms with Gasteiger partial charge in [-0.1, -0.05) is 42.5 Å². The quantitative estimate of drug-likeness (QED) is 0.710. The lowest BCUT2D eigenvalue weighted by molar-refractivity contribution is -0.122. The summed E-state index contributed by atoms with van der Waals surface area (Å²) in [6, 6.07) is 20.6. The number of hydrogen-bond acceptors (Lipinski definition) is 3. The summed E-state index contributed by atoms with van der Waals surface area (Å²) in [4.78, 5) is 32.1. The fraction of sp³-hybridized carbons (Fsp3) is 0.208. The average molecular weight is 385 g/mol. The van der Waals surface area contributed by atoms with Gasteiger partial charge in [-0.05, 0) is 49.2 Å². The molecule has 0 bridgehead atoms. The van der Waals surface area contributed by atoms with Gasteiger partial charge in [0.1, 0.15) is 0 Å². The summed E-state index contributed by atoms with van der Waals surface area (Å²) in [5.74, 6) is -0.233. The SMILES string of the molecule is Cc1cccc(N2C(=O)c3cccnc3C2CC(=O)NC(C)c2ccccc2)c1. The van der Waals surface area contributed by atoms with Crippen LogP contribution in [0.3, 0.4) is 0 Å². The fourth-order valence-electron chi connectivity index (χ4n) is 3.82. The van der Waals surface area contributed by atoms with E-state index < -0.39 is 6.04 Å². The van der Waals surface area contributed by atoms with Crippen LogP contribution >= 0.6 is 0 Å². The van der Waals surface area contributed by atoms with Crippen LogP contribution in [-0.4, -0.2) is 16.8 Å². The molecule has 2 unspecified atom stereocenters. The molecule has 2 amide bonds. The molecule has 29 heavy (non-hydrogen) atoms. The third kappa shape index (κ3) is 3.76. The number of nitrogens with one attached hydrogen (secondary N) is 1. The molecule has 1 aliphatic rings. The van der Waals surface area contributed by atoms with E-state index >= 15 is 0 Å². The van der Waals surface area contributed by atoms with Gasteiger partial charge in [0.25, 0.3) is 5.91 Å². The van der Waals surface area contributed by atoms with Gasteiger partial charge >= 0.3 is 0 Å². The minimum Gasteiger partial charge on any atom is -0.350 e. The number of amides is 2. The molecule has 2 aromatic carbocycles. The molecule has 0 spiro atoms. The molecule has 3 aromatic rings. The molecule has 0 aliphatic carbocycles. The van der Waals surface area contributed by atoms with Gasteiger partial charge in [0.15, 0.2) is 0 Å². The van der Waals surface area contributed by atoms with E-state index in [2.05, 4.69) is 10.3 Å². The van der Waals surface area contributed by atoms with Crippen molar-refractivity contribution in [2.24, 2.45) is 0 Å². The molecule has 146 valence electrons. The molecule has 0 saturated heterocycles. The Hall–Kier alpha value is -3.47. The molecule has 1 N–H and O–H groups in total. The van der Waals surface area contributed by atoms with Crippen LogP contribution < -0.4 is 10.2 Å². The highest BCUT2D eigenvalue weighted by Crippen LogP contribution is 2.38. The molecule has 2 heterocycles. The average Bonchev–Trinajstić information content (AvgIpc) is 3.00. The van der Waals surface area contributed by atoms with E-state index in [-0.39, 0.29) is 24.3 Å². The first-order valence-corrected chi connectivity index (χ1v) is 9.74. The summed E-state index contributed by atoms with van der Waals surface area (Å²) in [5, 5.41) is 3.05. The van der Waals surface area contributed by atoms with Gasteiger partial charge in [0.2, 0.25) is 5.91 Å². The standard InChI is InChI=1S/C24H23N3O2/c1-16-8-6-11-19(14-16)27-21(23-20(24(27)29)12-7-13-25-23)15-22(28)26-17(2)18-9-4-3-5-10-18/h3-14,17,21H,15H2,1-2H3,(H,26,28). The predicted molar refractivity (Wildman–Crippen MR) is 113 cm³/mol. The van der Waals surface area contributed by atoms with Crippen LogP contribution in [0, 0.1) is 6.92 Å². The van der Waals surface area contributed by atoms with Crippen molar-refractivity contribution in [1.82, 2.24) is 10.3 Å². The highest BCUT2D eigenvalue weighted by atomic mass is 16.2. The van der Waals surface area contributed by atoms with Crippen molar-refractivity contribution in [2.75, 3.05) is 4.90 Å². The molecule has 2 atom stereocenters. The van der Waals surface area contributed by atoms with Crippen molar-refractivity contribution in [2.45, 2.75) is 32.4 Å². The smallest absolute Gasteiger partial charge is 0.260 e. The van der Waals surface area contributed by atoms with Gasteiger partial charge < -0.3 is 5.32 Å². The zero-order chi connectivity index (χ0) is 20.4. The summed E-state index contributed by atoms with van der Waals surface area (Å²) in [7, 11) is 0. The number of pyridine rings is 1. The van der Waals surface area contributed by atoms with Crippen LogP contribution in [-0.2, 0) is 4.79 Å². The number of aryl methyl sites for hydroxylation is 1. The summed E-state index contributed by atoms with van der Waals surface area (Å²) in [6.45, 7) is 3.94. The van der Waals surface area contributed by atoms with Crippen LogP contribution in [0.2, 0.25) is 0 Å². The Kier molecular flexibility index (Phi) is 5.12. The zero-order valence-corrected chi connectivity index (χ0v) is 16.5. The molecule has 5 nitrogen and oxygen atoms in total. The molecule has 0 radical (unpaired) electrons. The van der Waals surface area contributed by atoms with Crippen molar-refractivity contribution in [3.63, 3.8) is 0 Å². The Morgan fingerprint density at radius 1 is 1.10 bits per heavy atom. The van der Waals surface area contributed by atoms with Crippen molar-refractivity contribution >= 4 is 17.5 Å². The number of carbonyl (C=O) groups excluding carboxylic acids is 2. The van der Waals surface area contributed by atoms with Gasteiger partial charge in [0, 0.05) is 11.9 Å². The van der Waals surface area contributed by atoms with Crippen LogP contribution in [0.25, 0.3) is 0 Å². The largest absolute Gasteiger partial charge is 0.350 e. The molecule has 1 aliphatic heterocycles. The van der Waals surface area contributed by atoms with Gasteiger partial charge in [-0.25, -0.2) is 0 Å².